The van der Waals surface area contributed by atoms with Gasteiger partial charge in [0, 0.05) is 15.5 Å². The Morgan fingerprint density at radius 1 is 1.04 bits per heavy atom. The van der Waals surface area contributed by atoms with Crippen LogP contribution in [0, 0.1) is 0 Å². The van der Waals surface area contributed by atoms with Gasteiger partial charge in [-0.2, -0.15) is 0 Å². The Morgan fingerprint density at radius 2 is 1.83 bits per heavy atom. The topological polar surface area (TPSA) is 9.23 Å². The van der Waals surface area contributed by atoms with Crippen LogP contribution in [0.25, 0.3) is 10.1 Å². The third-order valence-corrected chi connectivity index (χ3v) is 6.29. The molecular formula is C20H19ClOS. The summed E-state index contributed by atoms with van der Waals surface area (Å²) in [7, 11) is 0. The number of hydrogen-bond acceptors (Lipinski definition) is 2. The first-order valence-corrected chi connectivity index (χ1v) is 9.46. The van der Waals surface area contributed by atoms with Crippen molar-refractivity contribution in [1.29, 1.82) is 0 Å². The highest BCUT2D eigenvalue weighted by atomic mass is 35.5. The maximum atomic E-state index is 6.46. The molecule has 0 fully saturated rings. The molecule has 2 heterocycles. The van der Waals surface area contributed by atoms with Crippen LogP contribution in [-0.2, 0) is 16.8 Å². The maximum absolute atomic E-state index is 6.46. The van der Waals surface area contributed by atoms with Gasteiger partial charge in [0.2, 0.25) is 0 Å². The average molecular weight is 343 g/mol. The summed E-state index contributed by atoms with van der Waals surface area (Å²) in [6.07, 6.45) is 2.87. The summed E-state index contributed by atoms with van der Waals surface area (Å²) in [6.45, 7) is 0.769. The third kappa shape index (κ3) is 2.50. The van der Waals surface area contributed by atoms with Gasteiger partial charge in [-0.3, -0.25) is 0 Å². The third-order valence-electron chi connectivity index (χ3n) is 4.67. The zero-order valence-electron chi connectivity index (χ0n) is 12.9. The van der Waals surface area contributed by atoms with E-state index in [4.69, 9.17) is 16.3 Å². The molecule has 0 amide bonds. The Labute approximate surface area is 145 Å². The fourth-order valence-corrected chi connectivity index (χ4v) is 5.21. The molecule has 1 aromatic heterocycles. The lowest BCUT2D eigenvalue weighted by molar-refractivity contribution is -0.0315. The lowest BCUT2D eigenvalue weighted by atomic mass is 9.83. The van der Waals surface area contributed by atoms with E-state index < -0.39 is 0 Å². The first-order valence-electron chi connectivity index (χ1n) is 8.11. The summed E-state index contributed by atoms with van der Waals surface area (Å²) in [4.78, 5) is 1.38. The maximum Gasteiger partial charge on any atom is 0.128 e. The Morgan fingerprint density at radius 3 is 2.65 bits per heavy atom. The summed E-state index contributed by atoms with van der Waals surface area (Å²) >= 11 is 7.91. The second kappa shape index (κ2) is 6.27. The van der Waals surface area contributed by atoms with Crippen molar-refractivity contribution in [2.45, 2.75) is 24.9 Å². The molecule has 0 saturated carbocycles. The van der Waals surface area contributed by atoms with E-state index in [1.807, 2.05) is 11.3 Å². The molecule has 0 radical (unpaired) electrons. The molecule has 2 aromatic carbocycles. The summed E-state index contributed by atoms with van der Waals surface area (Å²) in [5, 5.41) is 1.39. The van der Waals surface area contributed by atoms with Crippen molar-refractivity contribution < 1.29 is 4.74 Å². The van der Waals surface area contributed by atoms with Crippen molar-refractivity contribution in [1.82, 2.24) is 0 Å². The van der Waals surface area contributed by atoms with Crippen LogP contribution in [0.15, 0.2) is 54.6 Å². The molecule has 118 valence electrons. The van der Waals surface area contributed by atoms with Crippen molar-refractivity contribution in [3.8, 4) is 0 Å². The van der Waals surface area contributed by atoms with E-state index in [-0.39, 0.29) is 5.60 Å². The van der Waals surface area contributed by atoms with Crippen LogP contribution in [0.3, 0.4) is 0 Å². The lowest BCUT2D eigenvalue weighted by Gasteiger charge is -2.38. The molecule has 3 aromatic rings. The molecule has 0 bridgehead atoms. The number of rotatable bonds is 4. The van der Waals surface area contributed by atoms with Crippen LogP contribution in [0.2, 0.25) is 0 Å². The van der Waals surface area contributed by atoms with Crippen LogP contribution in [0.4, 0.5) is 0 Å². The minimum absolute atomic E-state index is 0.340. The number of halogens is 1. The highest BCUT2D eigenvalue weighted by Gasteiger charge is 2.41. The Bertz CT molecular complexity index is 811. The quantitative estimate of drug-likeness (QED) is 0.549. The summed E-state index contributed by atoms with van der Waals surface area (Å²) < 4.78 is 7.82. The average Bonchev–Trinajstić information content (AvgIpc) is 3.00. The highest BCUT2D eigenvalue weighted by Crippen LogP contribution is 2.48. The van der Waals surface area contributed by atoms with Gasteiger partial charge in [-0.1, -0.05) is 48.5 Å². The summed E-state index contributed by atoms with van der Waals surface area (Å²) in [5.74, 6) is 0.665. The number of ether oxygens (including phenoxy) is 1. The molecule has 1 unspecified atom stereocenters. The van der Waals surface area contributed by atoms with Gasteiger partial charge in [-0.15, -0.1) is 22.9 Å². The smallest absolute Gasteiger partial charge is 0.128 e. The van der Waals surface area contributed by atoms with Crippen LogP contribution in [-0.4, -0.2) is 12.5 Å². The van der Waals surface area contributed by atoms with Gasteiger partial charge < -0.3 is 4.74 Å². The molecule has 4 rings (SSSR count). The number of alkyl halides is 1. The van der Waals surface area contributed by atoms with Crippen molar-refractivity contribution >= 4 is 33.0 Å². The second-order valence-electron chi connectivity index (χ2n) is 5.99. The normalized spacial score (nSPS) is 20.6. The number of fused-ring (bicyclic) bond motifs is 3. The van der Waals surface area contributed by atoms with Crippen LogP contribution in [0.5, 0.6) is 0 Å². The first kappa shape index (κ1) is 15.2. The predicted octanol–water partition coefficient (Wildman–Crippen LogP) is 5.74. The highest BCUT2D eigenvalue weighted by molar-refractivity contribution is 7.19. The number of benzene rings is 2. The number of hydrogen-bond donors (Lipinski definition) is 0. The molecule has 0 spiro atoms. The van der Waals surface area contributed by atoms with Crippen molar-refractivity contribution in [3.63, 3.8) is 0 Å². The van der Waals surface area contributed by atoms with Crippen molar-refractivity contribution in [2.24, 2.45) is 0 Å². The Hall–Kier alpha value is -1.35. The van der Waals surface area contributed by atoms with Crippen LogP contribution in [0.1, 0.15) is 28.8 Å². The van der Waals surface area contributed by atoms with E-state index in [1.165, 1.54) is 26.1 Å². The van der Waals surface area contributed by atoms with Gasteiger partial charge in [0.15, 0.2) is 0 Å². The van der Waals surface area contributed by atoms with Gasteiger partial charge >= 0.3 is 0 Å². The van der Waals surface area contributed by atoms with Gasteiger partial charge in [0.1, 0.15) is 5.60 Å². The monoisotopic (exact) mass is 342 g/mol. The predicted molar refractivity (Wildman–Crippen MR) is 98.7 cm³/mol. The van der Waals surface area contributed by atoms with E-state index in [1.54, 1.807) is 0 Å². The SMILES string of the molecule is ClCCCC1(c2ccccc2)OCCc2c1sc1ccccc21. The molecule has 1 aliphatic heterocycles. The molecular weight excluding hydrogens is 324 g/mol. The van der Waals surface area contributed by atoms with E-state index in [0.29, 0.717) is 5.88 Å². The largest absolute Gasteiger partial charge is 0.364 e. The van der Waals surface area contributed by atoms with Gasteiger partial charge in [0.05, 0.1) is 6.61 Å². The summed E-state index contributed by atoms with van der Waals surface area (Å²) in [5.41, 5.74) is 2.38. The lowest BCUT2D eigenvalue weighted by Crippen LogP contribution is -2.35. The molecule has 1 atom stereocenters. The first-order chi connectivity index (χ1) is 11.3. The minimum Gasteiger partial charge on any atom is -0.364 e. The summed E-state index contributed by atoms with van der Waals surface area (Å²) in [6, 6.07) is 19.4. The van der Waals surface area contributed by atoms with E-state index >= 15 is 0 Å². The molecule has 0 N–H and O–H groups in total. The molecule has 23 heavy (non-hydrogen) atoms. The van der Waals surface area contributed by atoms with Gasteiger partial charge in [-0.25, -0.2) is 0 Å². The van der Waals surface area contributed by atoms with Gasteiger partial charge in [-0.05, 0) is 41.8 Å². The molecule has 0 saturated heterocycles. The van der Waals surface area contributed by atoms with E-state index in [2.05, 4.69) is 54.6 Å². The van der Waals surface area contributed by atoms with E-state index in [0.717, 1.165) is 25.9 Å². The zero-order chi connectivity index (χ0) is 15.7. The molecule has 1 aliphatic rings. The fraction of sp³-hybridized carbons (Fsp3) is 0.300. The van der Waals surface area contributed by atoms with Gasteiger partial charge in [0.25, 0.3) is 0 Å². The zero-order valence-corrected chi connectivity index (χ0v) is 14.5. The minimum atomic E-state index is -0.340. The Kier molecular flexibility index (Phi) is 4.14. The van der Waals surface area contributed by atoms with Crippen LogP contribution >= 0.6 is 22.9 Å². The molecule has 0 aliphatic carbocycles. The Balaban J connectivity index is 1.94. The molecule has 1 nitrogen and oxygen atoms in total. The molecule has 3 heteroatoms. The van der Waals surface area contributed by atoms with Crippen molar-refractivity contribution in [3.05, 3.63) is 70.6 Å². The van der Waals surface area contributed by atoms with Crippen LogP contribution < -0.4 is 0 Å². The standard InChI is InChI=1S/C20H19ClOS/c21-13-6-12-20(15-7-2-1-3-8-15)19-17(11-14-22-20)16-9-4-5-10-18(16)23-19/h1-5,7-10H,6,11-14H2. The van der Waals surface area contributed by atoms with Crippen molar-refractivity contribution in [2.75, 3.05) is 12.5 Å². The second-order valence-corrected chi connectivity index (χ2v) is 7.42. The van der Waals surface area contributed by atoms with E-state index in [9.17, 15) is 0 Å². The number of thiophene rings is 1. The fourth-order valence-electron chi connectivity index (χ4n) is 3.63.